The summed E-state index contributed by atoms with van der Waals surface area (Å²) >= 11 is 0. The van der Waals surface area contributed by atoms with Gasteiger partial charge in [-0.25, -0.2) is 14.0 Å². The van der Waals surface area contributed by atoms with Crippen LogP contribution >= 0.6 is 0 Å². The van der Waals surface area contributed by atoms with Gasteiger partial charge in [-0.15, -0.1) is 0 Å². The molecule has 2 amide bonds. The number of carbonyl (C=O) groups excluding carboxylic acids is 1. The molecule has 1 aliphatic rings. The van der Waals surface area contributed by atoms with E-state index < -0.39 is 23.4 Å². The van der Waals surface area contributed by atoms with Crippen LogP contribution in [-0.4, -0.2) is 48.7 Å². The molecule has 6 nitrogen and oxygen atoms in total. The third-order valence-corrected chi connectivity index (χ3v) is 3.52. The molecule has 0 bridgehead atoms. The summed E-state index contributed by atoms with van der Waals surface area (Å²) in [6.45, 7) is 2.43. The van der Waals surface area contributed by atoms with E-state index >= 15 is 0 Å². The molecule has 114 valence electrons. The van der Waals surface area contributed by atoms with Crippen LogP contribution in [0.2, 0.25) is 0 Å². The summed E-state index contributed by atoms with van der Waals surface area (Å²) in [5.74, 6) is -1.91. The third kappa shape index (κ3) is 3.91. The number of hydrogen-bond acceptors (Lipinski definition) is 3. The van der Waals surface area contributed by atoms with Gasteiger partial charge in [-0.1, -0.05) is 6.07 Å². The lowest BCUT2D eigenvalue weighted by atomic mass is 10.1. The van der Waals surface area contributed by atoms with Crippen molar-refractivity contribution < 1.29 is 19.1 Å². The standard InChI is InChI=1S/C14H18FN3O3/c1-18-6-5-9(8-18)7-16-14(21)17-11-4-2-3-10(15)12(11)13(19)20/h2-4,9H,5-8H2,1H3,(H,19,20)(H2,16,17,21). The van der Waals surface area contributed by atoms with Gasteiger partial charge in [0.2, 0.25) is 0 Å². The zero-order valence-corrected chi connectivity index (χ0v) is 11.7. The van der Waals surface area contributed by atoms with Crippen molar-refractivity contribution in [2.75, 3.05) is 32.0 Å². The van der Waals surface area contributed by atoms with Crippen LogP contribution in [0.3, 0.4) is 0 Å². The molecule has 0 aliphatic carbocycles. The Kier molecular flexibility index (Phi) is 4.74. The second kappa shape index (κ2) is 6.53. The van der Waals surface area contributed by atoms with Gasteiger partial charge >= 0.3 is 12.0 Å². The summed E-state index contributed by atoms with van der Waals surface area (Å²) in [5, 5.41) is 14.0. The number of hydrogen-bond donors (Lipinski definition) is 3. The highest BCUT2D eigenvalue weighted by molar-refractivity contribution is 6.00. The first-order valence-corrected chi connectivity index (χ1v) is 6.72. The molecule has 0 saturated carbocycles. The van der Waals surface area contributed by atoms with Gasteiger partial charge in [0.25, 0.3) is 0 Å². The lowest BCUT2D eigenvalue weighted by molar-refractivity contribution is 0.0693. The summed E-state index contributed by atoms with van der Waals surface area (Å²) < 4.78 is 13.5. The quantitative estimate of drug-likeness (QED) is 0.788. The second-order valence-electron chi connectivity index (χ2n) is 5.22. The number of aromatic carboxylic acids is 1. The zero-order valence-electron chi connectivity index (χ0n) is 11.7. The van der Waals surface area contributed by atoms with Crippen LogP contribution in [-0.2, 0) is 0 Å². The summed E-state index contributed by atoms with van der Waals surface area (Å²) in [7, 11) is 2.02. The molecular weight excluding hydrogens is 277 g/mol. The molecule has 0 radical (unpaired) electrons. The average molecular weight is 295 g/mol. The fraction of sp³-hybridized carbons (Fsp3) is 0.429. The number of nitrogens with zero attached hydrogens (tertiary/aromatic N) is 1. The summed E-state index contributed by atoms with van der Waals surface area (Å²) in [5.41, 5.74) is -0.586. The monoisotopic (exact) mass is 295 g/mol. The van der Waals surface area contributed by atoms with Crippen LogP contribution in [0.4, 0.5) is 14.9 Å². The number of likely N-dealkylation sites (tertiary alicyclic amines) is 1. The van der Waals surface area contributed by atoms with Gasteiger partial charge < -0.3 is 20.6 Å². The summed E-state index contributed by atoms with van der Waals surface area (Å²) in [6, 6.07) is 3.22. The van der Waals surface area contributed by atoms with E-state index in [2.05, 4.69) is 15.5 Å². The van der Waals surface area contributed by atoms with Crippen molar-refractivity contribution in [3.63, 3.8) is 0 Å². The van der Waals surface area contributed by atoms with E-state index in [-0.39, 0.29) is 5.69 Å². The zero-order chi connectivity index (χ0) is 15.4. The second-order valence-corrected chi connectivity index (χ2v) is 5.22. The van der Waals surface area contributed by atoms with E-state index in [0.717, 1.165) is 25.6 Å². The van der Waals surface area contributed by atoms with E-state index in [4.69, 9.17) is 5.11 Å². The Hall–Kier alpha value is -2.15. The first-order valence-electron chi connectivity index (χ1n) is 6.72. The molecule has 1 atom stereocenters. The highest BCUT2D eigenvalue weighted by atomic mass is 19.1. The predicted octanol–water partition coefficient (Wildman–Crippen LogP) is 1.60. The molecule has 1 aromatic rings. The number of carboxylic acid groups (broad SMARTS) is 1. The Morgan fingerprint density at radius 2 is 2.24 bits per heavy atom. The van der Waals surface area contributed by atoms with Crippen molar-refractivity contribution in [2.45, 2.75) is 6.42 Å². The number of rotatable bonds is 4. The van der Waals surface area contributed by atoms with Crippen molar-refractivity contribution in [3.05, 3.63) is 29.6 Å². The van der Waals surface area contributed by atoms with Crippen LogP contribution in [0.1, 0.15) is 16.8 Å². The molecule has 0 aromatic heterocycles. The maximum Gasteiger partial charge on any atom is 0.340 e. The van der Waals surface area contributed by atoms with Crippen LogP contribution < -0.4 is 10.6 Å². The predicted molar refractivity (Wildman–Crippen MR) is 76.0 cm³/mol. The first kappa shape index (κ1) is 15.2. The van der Waals surface area contributed by atoms with E-state index in [1.807, 2.05) is 7.05 Å². The smallest absolute Gasteiger partial charge is 0.340 e. The van der Waals surface area contributed by atoms with Gasteiger partial charge in [-0.3, -0.25) is 0 Å². The minimum atomic E-state index is -1.42. The molecule has 2 rings (SSSR count). The number of amides is 2. The molecule has 1 aliphatic heterocycles. The topological polar surface area (TPSA) is 81.7 Å². The Labute approximate surface area is 121 Å². The Bertz CT molecular complexity index is 550. The molecule has 1 unspecified atom stereocenters. The largest absolute Gasteiger partial charge is 0.478 e. The van der Waals surface area contributed by atoms with Crippen molar-refractivity contribution in [2.24, 2.45) is 5.92 Å². The maximum absolute atomic E-state index is 13.5. The molecule has 7 heteroatoms. The maximum atomic E-state index is 13.5. The number of anilines is 1. The van der Waals surface area contributed by atoms with Crippen molar-refractivity contribution in [1.82, 2.24) is 10.2 Å². The fourth-order valence-corrected chi connectivity index (χ4v) is 2.44. The molecule has 1 saturated heterocycles. The van der Waals surface area contributed by atoms with Crippen LogP contribution in [0.15, 0.2) is 18.2 Å². The normalized spacial score (nSPS) is 18.5. The Balaban J connectivity index is 1.94. The van der Waals surface area contributed by atoms with Gasteiger partial charge in [-0.2, -0.15) is 0 Å². The summed E-state index contributed by atoms with van der Waals surface area (Å²) in [6.07, 6.45) is 1.01. The lowest BCUT2D eigenvalue weighted by Crippen LogP contribution is -2.34. The SMILES string of the molecule is CN1CCC(CNC(=O)Nc2cccc(F)c2C(=O)O)C1. The highest BCUT2D eigenvalue weighted by Crippen LogP contribution is 2.19. The van der Waals surface area contributed by atoms with E-state index in [1.54, 1.807) is 0 Å². The molecular formula is C14H18FN3O3. The summed E-state index contributed by atoms with van der Waals surface area (Å²) in [4.78, 5) is 25.0. The fourth-order valence-electron chi connectivity index (χ4n) is 2.44. The minimum Gasteiger partial charge on any atom is -0.478 e. The molecule has 0 spiro atoms. The van der Waals surface area contributed by atoms with Gasteiger partial charge in [0.15, 0.2) is 0 Å². The van der Waals surface area contributed by atoms with Gasteiger partial charge in [0.1, 0.15) is 11.4 Å². The Morgan fingerprint density at radius 3 is 2.86 bits per heavy atom. The first-order chi connectivity index (χ1) is 9.97. The van der Waals surface area contributed by atoms with Gasteiger partial charge in [0, 0.05) is 13.1 Å². The molecule has 1 aromatic carbocycles. The molecule has 21 heavy (non-hydrogen) atoms. The number of carboxylic acids is 1. The Morgan fingerprint density at radius 1 is 1.48 bits per heavy atom. The van der Waals surface area contributed by atoms with E-state index in [0.29, 0.717) is 12.5 Å². The van der Waals surface area contributed by atoms with Crippen molar-refractivity contribution in [1.29, 1.82) is 0 Å². The third-order valence-electron chi connectivity index (χ3n) is 3.52. The average Bonchev–Trinajstić information content (AvgIpc) is 2.82. The van der Waals surface area contributed by atoms with E-state index in [1.165, 1.54) is 12.1 Å². The minimum absolute atomic E-state index is 0.0523. The van der Waals surface area contributed by atoms with Crippen molar-refractivity contribution in [3.8, 4) is 0 Å². The van der Waals surface area contributed by atoms with Crippen molar-refractivity contribution >= 4 is 17.7 Å². The van der Waals surface area contributed by atoms with Gasteiger partial charge in [-0.05, 0) is 38.1 Å². The number of benzene rings is 1. The van der Waals surface area contributed by atoms with Crippen LogP contribution in [0.25, 0.3) is 0 Å². The van der Waals surface area contributed by atoms with E-state index in [9.17, 15) is 14.0 Å². The lowest BCUT2D eigenvalue weighted by Gasteiger charge is -2.13. The van der Waals surface area contributed by atoms with Crippen LogP contribution in [0, 0.1) is 11.7 Å². The number of nitrogens with one attached hydrogen (secondary N) is 2. The number of halogens is 1. The molecule has 1 heterocycles. The van der Waals surface area contributed by atoms with Crippen LogP contribution in [0.5, 0.6) is 0 Å². The number of carbonyl (C=O) groups is 2. The molecule has 1 fully saturated rings. The molecule has 3 N–H and O–H groups in total. The van der Waals surface area contributed by atoms with Gasteiger partial charge in [0.05, 0.1) is 5.69 Å². The number of urea groups is 1. The highest BCUT2D eigenvalue weighted by Gasteiger charge is 2.21.